The number of benzene rings is 1. The second-order valence-electron chi connectivity index (χ2n) is 5.80. The minimum atomic E-state index is -0.465. The van der Waals surface area contributed by atoms with E-state index in [-0.39, 0.29) is 0 Å². The number of hydrogen-bond donors (Lipinski definition) is 1. The van der Waals surface area contributed by atoms with Crippen molar-refractivity contribution in [2.24, 2.45) is 0 Å². The van der Waals surface area contributed by atoms with Crippen molar-refractivity contribution in [3.8, 4) is 0 Å². The van der Waals surface area contributed by atoms with Crippen LogP contribution in [0.2, 0.25) is 0 Å². The Morgan fingerprint density at radius 3 is 2.36 bits per heavy atom. The van der Waals surface area contributed by atoms with Gasteiger partial charge in [-0.25, -0.2) is 4.98 Å². The lowest BCUT2D eigenvalue weighted by molar-refractivity contribution is 0.206. The first-order valence-electron chi connectivity index (χ1n) is 8.30. The van der Waals surface area contributed by atoms with Gasteiger partial charge < -0.3 is 9.67 Å². The van der Waals surface area contributed by atoms with Crippen molar-refractivity contribution >= 4 is 18.2 Å². The van der Waals surface area contributed by atoms with Crippen LogP contribution in [0.5, 0.6) is 0 Å². The van der Waals surface area contributed by atoms with Crippen molar-refractivity contribution in [1.82, 2.24) is 14.5 Å². The van der Waals surface area contributed by atoms with Crippen LogP contribution in [0, 0.1) is 0 Å². The van der Waals surface area contributed by atoms with Crippen LogP contribution in [0.3, 0.4) is 0 Å². The Labute approximate surface area is 147 Å². The summed E-state index contributed by atoms with van der Waals surface area (Å²) in [6.45, 7) is 0.754. The molecule has 4 heteroatoms. The molecule has 0 spiro atoms. The number of aliphatic hydroxyl groups is 1. The Morgan fingerprint density at radius 1 is 0.920 bits per heavy atom. The molecule has 0 amide bonds. The maximum Gasteiger partial charge on any atom is 0.0945 e. The molecule has 0 radical (unpaired) electrons. The van der Waals surface area contributed by atoms with Crippen LogP contribution >= 0.6 is 0 Å². The number of nitrogens with zero attached hydrogens (tertiary/aromatic N) is 3. The van der Waals surface area contributed by atoms with Gasteiger partial charge in [0.05, 0.1) is 12.4 Å². The van der Waals surface area contributed by atoms with Crippen LogP contribution < -0.4 is 0 Å². The third-order valence-electron chi connectivity index (χ3n) is 3.84. The second-order valence-corrected chi connectivity index (χ2v) is 5.80. The van der Waals surface area contributed by atoms with Crippen LogP contribution in [0.15, 0.2) is 73.6 Å². The number of hydrogen-bond acceptors (Lipinski definition) is 3. The quantitative estimate of drug-likeness (QED) is 0.714. The van der Waals surface area contributed by atoms with Crippen molar-refractivity contribution in [3.63, 3.8) is 0 Å². The molecule has 0 bridgehead atoms. The molecular weight excluding hydrogens is 310 g/mol. The molecule has 1 aromatic carbocycles. The lowest BCUT2D eigenvalue weighted by Gasteiger charge is -2.06. The Bertz CT molecular complexity index is 806. The zero-order valence-electron chi connectivity index (χ0n) is 13.9. The molecule has 3 aromatic rings. The van der Waals surface area contributed by atoms with Crippen LogP contribution in [-0.4, -0.2) is 25.7 Å². The molecule has 0 aliphatic carbocycles. The Balaban J connectivity index is 1.52. The fourth-order valence-corrected chi connectivity index (χ4v) is 2.40. The average Bonchev–Trinajstić information content (AvgIpc) is 3.18. The zero-order chi connectivity index (χ0) is 17.3. The van der Waals surface area contributed by atoms with E-state index in [2.05, 4.69) is 28.2 Å². The van der Waals surface area contributed by atoms with Gasteiger partial charge in [-0.3, -0.25) is 4.98 Å². The van der Waals surface area contributed by atoms with Gasteiger partial charge in [-0.05, 0) is 29.2 Å². The maximum absolute atomic E-state index is 10.0. The highest BCUT2D eigenvalue weighted by Crippen LogP contribution is 2.11. The standard InChI is InChI=1S/C21H21N3O/c25-21(11-14-24-15-13-23-17-24)10-9-19-5-3-18(4-6-19)7-8-20-2-1-12-22-16-20/h1-10,12-13,15-17,21,25H,11,14H2. The van der Waals surface area contributed by atoms with E-state index in [9.17, 15) is 5.11 Å². The smallest absolute Gasteiger partial charge is 0.0945 e. The summed E-state index contributed by atoms with van der Waals surface area (Å²) in [4.78, 5) is 8.08. The summed E-state index contributed by atoms with van der Waals surface area (Å²) in [6.07, 6.45) is 17.1. The molecular formula is C21H21N3O. The summed E-state index contributed by atoms with van der Waals surface area (Å²) in [5.41, 5.74) is 3.27. The molecule has 0 saturated heterocycles. The summed E-state index contributed by atoms with van der Waals surface area (Å²) in [6, 6.07) is 12.1. The number of aromatic nitrogens is 3. The van der Waals surface area contributed by atoms with E-state index in [0.29, 0.717) is 6.42 Å². The molecule has 0 aliphatic heterocycles. The topological polar surface area (TPSA) is 50.9 Å². The van der Waals surface area contributed by atoms with Gasteiger partial charge in [-0.1, -0.05) is 54.6 Å². The number of imidazole rings is 1. The fraction of sp³-hybridized carbons (Fsp3) is 0.143. The van der Waals surface area contributed by atoms with Crippen LogP contribution in [0.4, 0.5) is 0 Å². The van der Waals surface area contributed by atoms with E-state index < -0.39 is 6.10 Å². The predicted molar refractivity (Wildman–Crippen MR) is 101 cm³/mol. The van der Waals surface area contributed by atoms with Gasteiger partial charge in [0.15, 0.2) is 0 Å². The summed E-state index contributed by atoms with van der Waals surface area (Å²) < 4.78 is 1.96. The Kier molecular flexibility index (Phi) is 5.91. The molecule has 0 aliphatic rings. The Morgan fingerprint density at radius 2 is 1.68 bits per heavy atom. The molecule has 0 saturated carbocycles. The van der Waals surface area contributed by atoms with Gasteiger partial charge in [0, 0.05) is 31.3 Å². The minimum Gasteiger partial charge on any atom is -0.389 e. The van der Waals surface area contributed by atoms with Crippen molar-refractivity contribution in [3.05, 3.63) is 90.3 Å². The highest BCUT2D eigenvalue weighted by Gasteiger charge is 1.99. The SMILES string of the molecule is OC(C=Cc1ccc(C=Cc2cccnc2)cc1)CCn1ccnc1. The zero-order valence-corrected chi connectivity index (χ0v) is 13.9. The molecule has 4 nitrogen and oxygen atoms in total. The molecule has 0 fully saturated rings. The monoisotopic (exact) mass is 331 g/mol. The van der Waals surface area contributed by atoms with Gasteiger partial charge in [0.25, 0.3) is 0 Å². The van der Waals surface area contributed by atoms with Crippen LogP contribution in [0.25, 0.3) is 18.2 Å². The molecule has 3 rings (SSSR count). The minimum absolute atomic E-state index is 0.465. The molecule has 1 unspecified atom stereocenters. The third kappa shape index (κ3) is 5.55. The van der Waals surface area contributed by atoms with Crippen molar-refractivity contribution in [1.29, 1.82) is 0 Å². The van der Waals surface area contributed by atoms with Gasteiger partial charge in [-0.2, -0.15) is 0 Å². The first-order valence-corrected chi connectivity index (χ1v) is 8.30. The average molecular weight is 331 g/mol. The van der Waals surface area contributed by atoms with Crippen LogP contribution in [0.1, 0.15) is 23.1 Å². The van der Waals surface area contributed by atoms with Crippen molar-refractivity contribution < 1.29 is 5.11 Å². The Hall–Kier alpha value is -2.98. The molecule has 126 valence electrons. The van der Waals surface area contributed by atoms with E-state index in [4.69, 9.17) is 0 Å². The van der Waals surface area contributed by atoms with Gasteiger partial charge in [0.2, 0.25) is 0 Å². The first kappa shape index (κ1) is 16.9. The number of rotatable bonds is 7. The normalized spacial score (nSPS) is 12.8. The second kappa shape index (κ2) is 8.76. The fourth-order valence-electron chi connectivity index (χ4n) is 2.40. The number of pyridine rings is 1. The molecule has 1 N–H and O–H groups in total. The van der Waals surface area contributed by atoms with E-state index in [1.54, 1.807) is 18.7 Å². The van der Waals surface area contributed by atoms with Crippen molar-refractivity contribution in [2.75, 3.05) is 0 Å². The third-order valence-corrected chi connectivity index (χ3v) is 3.84. The maximum atomic E-state index is 10.0. The summed E-state index contributed by atoms with van der Waals surface area (Å²) in [5.74, 6) is 0. The molecule has 2 heterocycles. The summed E-state index contributed by atoms with van der Waals surface area (Å²) in [7, 11) is 0. The lowest BCUT2D eigenvalue weighted by atomic mass is 10.1. The highest BCUT2D eigenvalue weighted by molar-refractivity contribution is 5.69. The van der Waals surface area contributed by atoms with Gasteiger partial charge in [0.1, 0.15) is 0 Å². The number of aliphatic hydroxyl groups excluding tert-OH is 1. The van der Waals surface area contributed by atoms with Gasteiger partial charge in [-0.15, -0.1) is 0 Å². The molecule has 2 aromatic heterocycles. The van der Waals surface area contributed by atoms with E-state index in [0.717, 1.165) is 23.2 Å². The molecule has 25 heavy (non-hydrogen) atoms. The van der Waals surface area contributed by atoms with E-state index in [1.165, 1.54) is 0 Å². The molecule has 1 atom stereocenters. The predicted octanol–water partition coefficient (Wildman–Crippen LogP) is 3.91. The summed E-state index contributed by atoms with van der Waals surface area (Å²) in [5, 5.41) is 10.0. The van der Waals surface area contributed by atoms with Crippen molar-refractivity contribution in [2.45, 2.75) is 19.1 Å². The van der Waals surface area contributed by atoms with Crippen LogP contribution in [-0.2, 0) is 6.54 Å². The van der Waals surface area contributed by atoms with E-state index >= 15 is 0 Å². The highest BCUT2D eigenvalue weighted by atomic mass is 16.3. The lowest BCUT2D eigenvalue weighted by Crippen LogP contribution is -2.07. The number of aryl methyl sites for hydroxylation is 1. The largest absolute Gasteiger partial charge is 0.389 e. The summed E-state index contributed by atoms with van der Waals surface area (Å²) >= 11 is 0. The van der Waals surface area contributed by atoms with E-state index in [1.807, 2.05) is 59.5 Å². The van der Waals surface area contributed by atoms with Gasteiger partial charge >= 0.3 is 0 Å². The first-order chi connectivity index (χ1) is 12.3.